The number of nitrogens with two attached hydrogens (primary N) is 1. The van der Waals surface area contributed by atoms with Crippen LogP contribution in [0.2, 0.25) is 0 Å². The molecule has 0 unspecified atom stereocenters. The number of benzene rings is 1. The quantitative estimate of drug-likeness (QED) is 0.757. The standard InChI is InChI=1S/C13H18N2O/c1-10(2)12(14)8-13(16)15-9-11-6-4-3-5-7-11/h3-8,10H,9,14H2,1-2H3,(H,15,16)/b12-8-. The van der Waals surface area contributed by atoms with Crippen molar-refractivity contribution >= 4 is 5.91 Å². The molecule has 0 bridgehead atoms. The zero-order valence-electron chi connectivity index (χ0n) is 9.73. The van der Waals surface area contributed by atoms with E-state index in [0.717, 1.165) is 5.56 Å². The Morgan fingerprint density at radius 1 is 1.38 bits per heavy atom. The number of carbonyl (C=O) groups excluding carboxylic acids is 1. The molecular formula is C13H18N2O. The SMILES string of the molecule is CC(C)/C(N)=C/C(=O)NCc1ccccc1. The fraction of sp³-hybridized carbons (Fsp3) is 0.308. The molecule has 3 N–H and O–H groups in total. The Balaban J connectivity index is 2.45. The van der Waals surface area contributed by atoms with E-state index in [2.05, 4.69) is 5.32 Å². The topological polar surface area (TPSA) is 55.1 Å². The molecule has 0 aliphatic rings. The molecule has 0 fully saturated rings. The molecule has 3 heteroatoms. The smallest absolute Gasteiger partial charge is 0.245 e. The van der Waals surface area contributed by atoms with Crippen molar-refractivity contribution in [3.63, 3.8) is 0 Å². The molecule has 3 nitrogen and oxygen atoms in total. The molecule has 0 aromatic heterocycles. The molecule has 86 valence electrons. The Hall–Kier alpha value is -1.77. The summed E-state index contributed by atoms with van der Waals surface area (Å²) < 4.78 is 0. The van der Waals surface area contributed by atoms with Crippen LogP contribution in [-0.4, -0.2) is 5.91 Å². The molecule has 0 saturated heterocycles. The van der Waals surface area contributed by atoms with E-state index in [-0.39, 0.29) is 11.8 Å². The zero-order chi connectivity index (χ0) is 12.0. The van der Waals surface area contributed by atoms with Gasteiger partial charge in [-0.3, -0.25) is 4.79 Å². The first-order valence-electron chi connectivity index (χ1n) is 5.38. The van der Waals surface area contributed by atoms with E-state index >= 15 is 0 Å². The van der Waals surface area contributed by atoms with Crippen LogP contribution >= 0.6 is 0 Å². The van der Waals surface area contributed by atoms with Crippen LogP contribution in [0, 0.1) is 5.92 Å². The first kappa shape index (κ1) is 12.3. The van der Waals surface area contributed by atoms with Crippen molar-refractivity contribution in [2.45, 2.75) is 20.4 Å². The van der Waals surface area contributed by atoms with Gasteiger partial charge in [0.2, 0.25) is 5.91 Å². The maximum Gasteiger partial charge on any atom is 0.245 e. The predicted octanol–water partition coefficient (Wildman–Crippen LogP) is 1.80. The second kappa shape index (κ2) is 5.95. The fourth-order valence-corrected chi connectivity index (χ4v) is 1.15. The number of rotatable bonds is 4. The summed E-state index contributed by atoms with van der Waals surface area (Å²) in [6.07, 6.45) is 1.45. The molecule has 0 aliphatic heterocycles. The Kier molecular flexibility index (Phi) is 4.58. The van der Waals surface area contributed by atoms with Crippen molar-refractivity contribution in [2.24, 2.45) is 11.7 Å². The Bertz CT molecular complexity index is 369. The van der Waals surface area contributed by atoms with Gasteiger partial charge in [0.15, 0.2) is 0 Å². The van der Waals surface area contributed by atoms with E-state index in [4.69, 9.17) is 5.73 Å². The Morgan fingerprint density at radius 2 is 2.00 bits per heavy atom. The first-order valence-corrected chi connectivity index (χ1v) is 5.38. The number of hydrogen-bond acceptors (Lipinski definition) is 2. The molecule has 1 aromatic carbocycles. The number of hydrogen-bond donors (Lipinski definition) is 2. The summed E-state index contributed by atoms with van der Waals surface area (Å²) in [5.74, 6) is 0.0533. The molecule has 0 radical (unpaired) electrons. The summed E-state index contributed by atoms with van der Waals surface area (Å²) in [6.45, 7) is 4.44. The van der Waals surface area contributed by atoms with Crippen molar-refractivity contribution in [2.75, 3.05) is 0 Å². The second-order valence-electron chi connectivity index (χ2n) is 4.00. The van der Waals surface area contributed by atoms with Crippen LogP contribution in [0.1, 0.15) is 19.4 Å². The molecule has 1 aromatic rings. The number of allylic oxidation sites excluding steroid dienone is 1. The molecule has 16 heavy (non-hydrogen) atoms. The lowest BCUT2D eigenvalue weighted by molar-refractivity contribution is -0.116. The van der Waals surface area contributed by atoms with Gasteiger partial charge in [-0.2, -0.15) is 0 Å². The van der Waals surface area contributed by atoms with E-state index in [0.29, 0.717) is 12.2 Å². The predicted molar refractivity (Wildman–Crippen MR) is 65.4 cm³/mol. The van der Waals surface area contributed by atoms with Crippen molar-refractivity contribution in [1.82, 2.24) is 5.32 Å². The minimum atomic E-state index is -0.143. The van der Waals surface area contributed by atoms with Crippen LogP contribution in [0.4, 0.5) is 0 Å². The van der Waals surface area contributed by atoms with Crippen LogP contribution in [0.3, 0.4) is 0 Å². The highest BCUT2D eigenvalue weighted by atomic mass is 16.1. The minimum Gasteiger partial charge on any atom is -0.402 e. The van der Waals surface area contributed by atoms with E-state index < -0.39 is 0 Å². The van der Waals surface area contributed by atoms with Gasteiger partial charge in [0.05, 0.1) is 0 Å². The van der Waals surface area contributed by atoms with Gasteiger partial charge in [0.1, 0.15) is 0 Å². The number of amides is 1. The molecule has 0 heterocycles. The van der Waals surface area contributed by atoms with Gasteiger partial charge in [-0.1, -0.05) is 44.2 Å². The molecule has 0 aliphatic carbocycles. The monoisotopic (exact) mass is 218 g/mol. The van der Waals surface area contributed by atoms with Gasteiger partial charge >= 0.3 is 0 Å². The minimum absolute atomic E-state index is 0.143. The van der Waals surface area contributed by atoms with Gasteiger partial charge < -0.3 is 11.1 Å². The molecule has 0 saturated carbocycles. The largest absolute Gasteiger partial charge is 0.402 e. The van der Waals surface area contributed by atoms with Crippen molar-refractivity contribution in [3.8, 4) is 0 Å². The average molecular weight is 218 g/mol. The van der Waals surface area contributed by atoms with Crippen LogP contribution in [-0.2, 0) is 11.3 Å². The molecule has 1 amide bonds. The Labute approximate surface area is 96.3 Å². The highest BCUT2D eigenvalue weighted by Gasteiger charge is 2.01. The van der Waals surface area contributed by atoms with Crippen LogP contribution < -0.4 is 11.1 Å². The maximum absolute atomic E-state index is 11.5. The maximum atomic E-state index is 11.5. The zero-order valence-corrected chi connectivity index (χ0v) is 9.73. The average Bonchev–Trinajstić information content (AvgIpc) is 2.27. The third-order valence-electron chi connectivity index (χ3n) is 2.27. The van der Waals surface area contributed by atoms with Gasteiger partial charge in [0.25, 0.3) is 0 Å². The fourth-order valence-electron chi connectivity index (χ4n) is 1.15. The summed E-state index contributed by atoms with van der Waals surface area (Å²) in [4.78, 5) is 11.5. The summed E-state index contributed by atoms with van der Waals surface area (Å²) in [5.41, 5.74) is 7.37. The molecule has 0 spiro atoms. The lowest BCUT2D eigenvalue weighted by atomic mass is 10.1. The van der Waals surface area contributed by atoms with E-state index in [9.17, 15) is 4.79 Å². The second-order valence-corrected chi connectivity index (χ2v) is 4.00. The first-order chi connectivity index (χ1) is 7.59. The molecular weight excluding hydrogens is 200 g/mol. The van der Waals surface area contributed by atoms with Crippen LogP contribution in [0.15, 0.2) is 42.1 Å². The van der Waals surface area contributed by atoms with Crippen molar-refractivity contribution in [1.29, 1.82) is 0 Å². The van der Waals surface area contributed by atoms with Gasteiger partial charge in [-0.25, -0.2) is 0 Å². The van der Waals surface area contributed by atoms with Gasteiger partial charge in [-0.15, -0.1) is 0 Å². The van der Waals surface area contributed by atoms with Gasteiger partial charge in [-0.05, 0) is 11.5 Å². The number of nitrogens with one attached hydrogen (secondary N) is 1. The highest BCUT2D eigenvalue weighted by molar-refractivity contribution is 5.88. The third-order valence-corrected chi connectivity index (χ3v) is 2.27. The van der Waals surface area contributed by atoms with Gasteiger partial charge in [0, 0.05) is 18.3 Å². The summed E-state index contributed by atoms with van der Waals surface area (Å²) in [6, 6.07) is 9.77. The van der Waals surface area contributed by atoms with Crippen molar-refractivity contribution < 1.29 is 4.79 Å². The van der Waals surface area contributed by atoms with Crippen LogP contribution in [0.25, 0.3) is 0 Å². The van der Waals surface area contributed by atoms with E-state index in [1.165, 1.54) is 6.08 Å². The third kappa shape index (κ3) is 4.17. The molecule has 1 rings (SSSR count). The normalized spacial score (nSPS) is 11.6. The summed E-state index contributed by atoms with van der Waals surface area (Å²) in [7, 11) is 0. The van der Waals surface area contributed by atoms with Crippen molar-refractivity contribution in [3.05, 3.63) is 47.7 Å². The summed E-state index contributed by atoms with van der Waals surface area (Å²) in [5, 5.41) is 2.79. The summed E-state index contributed by atoms with van der Waals surface area (Å²) >= 11 is 0. The van der Waals surface area contributed by atoms with E-state index in [1.54, 1.807) is 0 Å². The number of carbonyl (C=O) groups is 1. The van der Waals surface area contributed by atoms with E-state index in [1.807, 2.05) is 44.2 Å². The lowest BCUT2D eigenvalue weighted by Crippen LogP contribution is -2.22. The lowest BCUT2D eigenvalue weighted by Gasteiger charge is -2.06. The molecule has 0 atom stereocenters. The van der Waals surface area contributed by atoms with Crippen LogP contribution in [0.5, 0.6) is 0 Å². The highest BCUT2D eigenvalue weighted by Crippen LogP contribution is 2.01. The Morgan fingerprint density at radius 3 is 2.56 bits per heavy atom.